The van der Waals surface area contributed by atoms with Crippen molar-refractivity contribution in [1.29, 1.82) is 0 Å². The second-order valence-electron chi connectivity index (χ2n) is 6.92. The van der Waals surface area contributed by atoms with Crippen molar-refractivity contribution in [1.82, 2.24) is 14.7 Å². The van der Waals surface area contributed by atoms with Crippen molar-refractivity contribution >= 4 is 11.9 Å². The Morgan fingerprint density at radius 1 is 1.43 bits per heavy atom. The molecule has 0 atom stereocenters. The lowest BCUT2D eigenvalue weighted by Gasteiger charge is -2.22. The van der Waals surface area contributed by atoms with Gasteiger partial charge in [-0.2, -0.15) is 5.10 Å². The zero-order chi connectivity index (χ0) is 17.2. The van der Waals surface area contributed by atoms with Gasteiger partial charge in [-0.15, -0.1) is 0 Å². The lowest BCUT2D eigenvalue weighted by atomic mass is 10.1. The van der Waals surface area contributed by atoms with E-state index in [0.29, 0.717) is 11.6 Å². The van der Waals surface area contributed by atoms with E-state index in [1.54, 1.807) is 0 Å². The molecule has 1 amide bonds. The molecule has 7 nitrogen and oxygen atoms in total. The average Bonchev–Trinajstić information content (AvgIpc) is 3.19. The van der Waals surface area contributed by atoms with E-state index in [4.69, 9.17) is 9.84 Å². The number of nitrogens with zero attached hydrogens (tertiary/aromatic N) is 3. The maximum atomic E-state index is 12.7. The van der Waals surface area contributed by atoms with E-state index in [0.717, 1.165) is 18.5 Å². The zero-order valence-electron chi connectivity index (χ0n) is 14.2. The summed E-state index contributed by atoms with van der Waals surface area (Å²) < 4.78 is 6.85. The van der Waals surface area contributed by atoms with Crippen molar-refractivity contribution in [3.05, 3.63) is 17.5 Å². The van der Waals surface area contributed by atoms with Crippen molar-refractivity contribution in [3.63, 3.8) is 0 Å². The summed E-state index contributed by atoms with van der Waals surface area (Å²) in [5.41, 5.74) is 1.14. The van der Waals surface area contributed by atoms with E-state index in [2.05, 4.69) is 5.10 Å². The summed E-state index contributed by atoms with van der Waals surface area (Å²) in [6.45, 7) is 6.28. The number of hydrogen-bond acceptors (Lipinski definition) is 4. The summed E-state index contributed by atoms with van der Waals surface area (Å²) in [5, 5.41) is 13.5. The molecule has 0 aliphatic heterocycles. The molecule has 0 bridgehead atoms. The first-order chi connectivity index (χ1) is 10.7. The Kier molecular flexibility index (Phi) is 5.09. The number of methoxy groups -OCH3 is 1. The number of ether oxygens (including phenoxy) is 1. The van der Waals surface area contributed by atoms with Gasteiger partial charge in [-0.05, 0) is 39.7 Å². The highest BCUT2D eigenvalue weighted by atomic mass is 16.5. The van der Waals surface area contributed by atoms with Crippen molar-refractivity contribution in [2.75, 3.05) is 26.8 Å². The van der Waals surface area contributed by atoms with Crippen LogP contribution in [0.5, 0.6) is 0 Å². The van der Waals surface area contributed by atoms with Crippen molar-refractivity contribution < 1.29 is 19.4 Å². The Bertz CT molecular complexity index is 585. The maximum absolute atomic E-state index is 12.7. The van der Waals surface area contributed by atoms with Crippen LogP contribution in [0.4, 0.5) is 0 Å². The van der Waals surface area contributed by atoms with Gasteiger partial charge in [-0.25, -0.2) is 0 Å². The first-order valence-electron chi connectivity index (χ1n) is 7.84. The van der Waals surface area contributed by atoms with Crippen LogP contribution in [-0.4, -0.2) is 58.5 Å². The molecule has 0 saturated heterocycles. The molecule has 1 aliphatic carbocycles. The van der Waals surface area contributed by atoms with E-state index in [9.17, 15) is 9.59 Å². The molecule has 1 saturated carbocycles. The maximum Gasteiger partial charge on any atom is 0.323 e. The number of hydrogen-bond donors (Lipinski definition) is 1. The second kappa shape index (κ2) is 6.70. The number of amides is 1. The largest absolute Gasteiger partial charge is 0.480 e. The van der Waals surface area contributed by atoms with E-state index >= 15 is 0 Å². The van der Waals surface area contributed by atoms with Crippen LogP contribution in [0.15, 0.2) is 6.07 Å². The SMILES string of the molecule is COCCN(CC(=O)O)C(=O)c1cc(C2CC2)n(C(C)(C)C)n1. The van der Waals surface area contributed by atoms with Gasteiger partial charge in [0.05, 0.1) is 12.1 Å². The molecule has 1 N–H and O–H groups in total. The van der Waals surface area contributed by atoms with Gasteiger partial charge in [0, 0.05) is 25.3 Å². The molecule has 128 valence electrons. The van der Waals surface area contributed by atoms with E-state index < -0.39 is 5.97 Å². The van der Waals surface area contributed by atoms with Crippen LogP contribution in [0.2, 0.25) is 0 Å². The van der Waals surface area contributed by atoms with Crippen LogP contribution in [-0.2, 0) is 15.1 Å². The molecule has 0 aromatic carbocycles. The van der Waals surface area contributed by atoms with Crippen LogP contribution < -0.4 is 0 Å². The number of carboxylic acids is 1. The van der Waals surface area contributed by atoms with Gasteiger partial charge in [-0.3, -0.25) is 14.3 Å². The number of carbonyl (C=O) groups is 2. The summed E-state index contributed by atoms with van der Waals surface area (Å²) in [7, 11) is 1.52. The summed E-state index contributed by atoms with van der Waals surface area (Å²) in [6.07, 6.45) is 2.22. The molecule has 1 heterocycles. The van der Waals surface area contributed by atoms with Gasteiger partial charge < -0.3 is 14.7 Å². The standard InChI is InChI=1S/C16H25N3O4/c1-16(2,3)19-13(11-5-6-11)9-12(17-19)15(22)18(7-8-23-4)10-14(20)21/h9,11H,5-8,10H2,1-4H3,(H,20,21). The first-order valence-corrected chi connectivity index (χ1v) is 7.84. The van der Waals surface area contributed by atoms with Crippen LogP contribution in [0.25, 0.3) is 0 Å². The van der Waals surface area contributed by atoms with Crippen molar-refractivity contribution in [2.24, 2.45) is 0 Å². The Morgan fingerprint density at radius 2 is 2.09 bits per heavy atom. The van der Waals surface area contributed by atoms with Crippen molar-refractivity contribution in [3.8, 4) is 0 Å². The first kappa shape index (κ1) is 17.5. The Morgan fingerprint density at radius 3 is 2.57 bits per heavy atom. The minimum Gasteiger partial charge on any atom is -0.480 e. The Labute approximate surface area is 136 Å². The predicted molar refractivity (Wildman–Crippen MR) is 84.6 cm³/mol. The molecule has 23 heavy (non-hydrogen) atoms. The van der Waals surface area contributed by atoms with Gasteiger partial charge in [0.1, 0.15) is 6.54 Å². The molecule has 1 fully saturated rings. The highest BCUT2D eigenvalue weighted by Crippen LogP contribution is 2.41. The Balaban J connectivity index is 2.27. The van der Waals surface area contributed by atoms with Crippen LogP contribution in [0.1, 0.15) is 55.7 Å². The molecule has 1 aromatic rings. The van der Waals surface area contributed by atoms with E-state index in [-0.39, 0.29) is 31.1 Å². The summed E-state index contributed by atoms with van der Waals surface area (Å²) in [6, 6.07) is 1.81. The highest BCUT2D eigenvalue weighted by molar-refractivity contribution is 5.94. The number of carbonyl (C=O) groups excluding carboxylic acids is 1. The quantitative estimate of drug-likeness (QED) is 0.825. The molecule has 1 aliphatic rings. The van der Waals surface area contributed by atoms with Crippen LogP contribution >= 0.6 is 0 Å². The van der Waals surface area contributed by atoms with Gasteiger partial charge in [0.15, 0.2) is 5.69 Å². The Hall–Kier alpha value is -1.89. The molecule has 0 radical (unpaired) electrons. The topological polar surface area (TPSA) is 84.7 Å². The van der Waals surface area contributed by atoms with Gasteiger partial charge >= 0.3 is 5.97 Å². The third-order valence-corrected chi connectivity index (χ3v) is 3.77. The molecule has 2 rings (SSSR count). The monoisotopic (exact) mass is 323 g/mol. The minimum absolute atomic E-state index is 0.222. The minimum atomic E-state index is -1.05. The third-order valence-electron chi connectivity index (χ3n) is 3.77. The predicted octanol–water partition coefficient (Wildman–Crippen LogP) is 1.69. The van der Waals surface area contributed by atoms with Crippen LogP contribution in [0.3, 0.4) is 0 Å². The fourth-order valence-electron chi connectivity index (χ4n) is 2.49. The highest BCUT2D eigenvalue weighted by Gasteiger charge is 2.33. The number of carboxylic acid groups (broad SMARTS) is 1. The number of rotatable bonds is 7. The average molecular weight is 323 g/mol. The van der Waals surface area contributed by atoms with Crippen molar-refractivity contribution in [2.45, 2.75) is 45.1 Å². The molecular weight excluding hydrogens is 298 g/mol. The smallest absolute Gasteiger partial charge is 0.323 e. The van der Waals surface area contributed by atoms with Gasteiger partial charge in [0.25, 0.3) is 5.91 Å². The molecule has 7 heteroatoms. The normalized spacial score (nSPS) is 14.8. The summed E-state index contributed by atoms with van der Waals surface area (Å²) in [5.74, 6) is -0.961. The number of aromatic nitrogens is 2. The fourth-order valence-corrected chi connectivity index (χ4v) is 2.49. The van der Waals surface area contributed by atoms with Gasteiger partial charge in [0.2, 0.25) is 0 Å². The lowest BCUT2D eigenvalue weighted by molar-refractivity contribution is -0.137. The zero-order valence-corrected chi connectivity index (χ0v) is 14.2. The fraction of sp³-hybridized carbons (Fsp3) is 0.688. The summed E-state index contributed by atoms with van der Waals surface area (Å²) >= 11 is 0. The second-order valence-corrected chi connectivity index (χ2v) is 6.92. The van der Waals surface area contributed by atoms with E-state index in [1.165, 1.54) is 12.0 Å². The molecule has 0 unspecified atom stereocenters. The van der Waals surface area contributed by atoms with Gasteiger partial charge in [-0.1, -0.05) is 0 Å². The molecule has 1 aromatic heterocycles. The molecular formula is C16H25N3O4. The molecule has 0 spiro atoms. The summed E-state index contributed by atoms with van der Waals surface area (Å²) in [4.78, 5) is 24.9. The van der Waals surface area contributed by atoms with Crippen LogP contribution in [0, 0.1) is 0 Å². The van der Waals surface area contributed by atoms with E-state index in [1.807, 2.05) is 31.5 Å². The lowest BCUT2D eigenvalue weighted by Crippen LogP contribution is -2.38. The number of aliphatic carboxylic acids is 1. The third kappa shape index (κ3) is 4.31.